The lowest BCUT2D eigenvalue weighted by molar-refractivity contribution is 0.0963. The lowest BCUT2D eigenvalue weighted by atomic mass is 9.97. The van der Waals surface area contributed by atoms with E-state index in [0.29, 0.717) is 23.4 Å². The van der Waals surface area contributed by atoms with Gasteiger partial charge in [-0.1, -0.05) is 6.92 Å². The summed E-state index contributed by atoms with van der Waals surface area (Å²) in [5, 5.41) is 24.3. The first kappa shape index (κ1) is 15.3. The van der Waals surface area contributed by atoms with Crippen molar-refractivity contribution in [1.29, 1.82) is 0 Å². The maximum atomic E-state index is 11.5. The molecule has 0 spiro atoms. The van der Waals surface area contributed by atoms with E-state index in [1.165, 1.54) is 0 Å². The Kier molecular flexibility index (Phi) is 5.14. The molecule has 0 unspecified atom stereocenters. The molecule has 0 bridgehead atoms. The van der Waals surface area contributed by atoms with Gasteiger partial charge < -0.3 is 26.6 Å². The highest BCUT2D eigenvalue weighted by Gasteiger charge is 2.26. The molecule has 0 aliphatic carbocycles. The number of rotatable bonds is 6. The van der Waals surface area contributed by atoms with Crippen molar-refractivity contribution in [2.75, 3.05) is 31.3 Å². The van der Waals surface area contributed by atoms with Crippen molar-refractivity contribution < 1.29 is 15.0 Å². The zero-order valence-electron chi connectivity index (χ0n) is 11.2. The Balaban J connectivity index is 3.00. The molecule has 1 amide bonds. The molecule has 106 valence electrons. The third-order valence-electron chi connectivity index (χ3n) is 3.22. The molecule has 6 nitrogen and oxygen atoms in total. The lowest BCUT2D eigenvalue weighted by Gasteiger charge is -2.31. The fourth-order valence-corrected chi connectivity index (χ4v) is 1.69. The molecule has 19 heavy (non-hydrogen) atoms. The SMILES string of the molecule is CCC(CO)(CO)Nc1ccc(C(=O)NC)cc1N. The molecule has 0 saturated carbocycles. The van der Waals surface area contributed by atoms with Crippen molar-refractivity contribution in [2.24, 2.45) is 0 Å². The third kappa shape index (κ3) is 3.36. The number of anilines is 2. The Bertz CT molecular complexity index is 436. The summed E-state index contributed by atoms with van der Waals surface area (Å²) in [5.74, 6) is -0.218. The number of nitrogen functional groups attached to an aromatic ring is 1. The average Bonchev–Trinajstić information content (AvgIpc) is 2.45. The van der Waals surface area contributed by atoms with Gasteiger partial charge >= 0.3 is 0 Å². The van der Waals surface area contributed by atoms with Crippen LogP contribution < -0.4 is 16.4 Å². The van der Waals surface area contributed by atoms with Gasteiger partial charge in [0.2, 0.25) is 0 Å². The van der Waals surface area contributed by atoms with Crippen LogP contribution in [0.4, 0.5) is 11.4 Å². The fraction of sp³-hybridized carbons (Fsp3) is 0.462. The van der Waals surface area contributed by atoms with Gasteiger partial charge in [0.05, 0.1) is 30.1 Å². The second-order valence-electron chi connectivity index (χ2n) is 4.46. The first-order valence-corrected chi connectivity index (χ1v) is 6.13. The molecule has 0 saturated heterocycles. The molecule has 6 heteroatoms. The van der Waals surface area contributed by atoms with Crippen molar-refractivity contribution in [3.05, 3.63) is 23.8 Å². The van der Waals surface area contributed by atoms with Crippen LogP contribution in [0.2, 0.25) is 0 Å². The number of carbonyl (C=O) groups excluding carboxylic acids is 1. The van der Waals surface area contributed by atoms with E-state index >= 15 is 0 Å². The molecular formula is C13H21N3O3. The van der Waals surface area contributed by atoms with Gasteiger partial charge in [0.15, 0.2) is 0 Å². The molecule has 6 N–H and O–H groups in total. The summed E-state index contributed by atoms with van der Waals surface area (Å²) < 4.78 is 0. The Labute approximate surface area is 112 Å². The van der Waals surface area contributed by atoms with Crippen LogP contribution >= 0.6 is 0 Å². The van der Waals surface area contributed by atoms with Gasteiger partial charge in [0.1, 0.15) is 0 Å². The van der Waals surface area contributed by atoms with Crippen LogP contribution in [0.5, 0.6) is 0 Å². The zero-order valence-corrected chi connectivity index (χ0v) is 11.2. The largest absolute Gasteiger partial charge is 0.397 e. The van der Waals surface area contributed by atoms with E-state index < -0.39 is 5.54 Å². The predicted octanol–water partition coefficient (Wildman–Crippen LogP) is 0.174. The number of nitrogens with one attached hydrogen (secondary N) is 2. The molecule has 0 radical (unpaired) electrons. The van der Waals surface area contributed by atoms with E-state index in [4.69, 9.17) is 5.73 Å². The predicted molar refractivity (Wildman–Crippen MR) is 75.1 cm³/mol. The number of hydrogen-bond donors (Lipinski definition) is 5. The molecule has 0 aliphatic heterocycles. The number of hydrogen-bond acceptors (Lipinski definition) is 5. The van der Waals surface area contributed by atoms with E-state index in [0.717, 1.165) is 0 Å². The van der Waals surface area contributed by atoms with Crippen LogP contribution in [-0.2, 0) is 0 Å². The second-order valence-corrected chi connectivity index (χ2v) is 4.46. The molecule has 0 aliphatic rings. The Morgan fingerprint density at radius 1 is 1.37 bits per heavy atom. The number of aliphatic hydroxyl groups excluding tert-OH is 2. The molecule has 0 atom stereocenters. The number of aliphatic hydroxyl groups is 2. The molecule has 1 aromatic rings. The summed E-state index contributed by atoms with van der Waals surface area (Å²) in [6, 6.07) is 4.85. The normalized spacial score (nSPS) is 11.2. The van der Waals surface area contributed by atoms with Crippen molar-refractivity contribution in [3.63, 3.8) is 0 Å². The maximum Gasteiger partial charge on any atom is 0.251 e. The summed E-state index contributed by atoms with van der Waals surface area (Å²) >= 11 is 0. The highest BCUT2D eigenvalue weighted by atomic mass is 16.3. The van der Waals surface area contributed by atoms with Crippen LogP contribution in [0.1, 0.15) is 23.7 Å². The van der Waals surface area contributed by atoms with Crippen LogP contribution in [0.25, 0.3) is 0 Å². The summed E-state index contributed by atoms with van der Waals surface area (Å²) in [4.78, 5) is 11.5. The van der Waals surface area contributed by atoms with Gasteiger partial charge in [-0.15, -0.1) is 0 Å². The van der Waals surface area contributed by atoms with Crippen molar-refractivity contribution >= 4 is 17.3 Å². The van der Waals surface area contributed by atoms with E-state index in [1.807, 2.05) is 6.92 Å². The quantitative estimate of drug-likeness (QED) is 0.472. The number of benzene rings is 1. The number of amides is 1. The standard InChI is InChI=1S/C13H21N3O3/c1-3-13(7-17,8-18)16-11-5-4-9(6-10(11)14)12(19)15-2/h4-6,16-18H,3,7-8,14H2,1-2H3,(H,15,19). The van der Waals surface area contributed by atoms with E-state index in [-0.39, 0.29) is 19.1 Å². The van der Waals surface area contributed by atoms with Crippen LogP contribution in [0, 0.1) is 0 Å². The van der Waals surface area contributed by atoms with Gasteiger partial charge in [-0.3, -0.25) is 4.79 Å². The topological polar surface area (TPSA) is 108 Å². The summed E-state index contributed by atoms with van der Waals surface area (Å²) in [7, 11) is 1.55. The average molecular weight is 267 g/mol. The molecule has 1 rings (SSSR count). The van der Waals surface area contributed by atoms with E-state index in [1.54, 1.807) is 25.2 Å². The number of carbonyl (C=O) groups is 1. The minimum Gasteiger partial charge on any atom is -0.397 e. The second kappa shape index (κ2) is 6.40. The molecule has 0 aromatic heterocycles. The van der Waals surface area contributed by atoms with Gasteiger partial charge in [-0.25, -0.2) is 0 Å². The Morgan fingerprint density at radius 3 is 2.42 bits per heavy atom. The number of nitrogens with two attached hydrogens (primary N) is 1. The van der Waals surface area contributed by atoms with Gasteiger partial charge in [-0.2, -0.15) is 0 Å². The van der Waals surface area contributed by atoms with E-state index in [2.05, 4.69) is 10.6 Å². The highest BCUT2D eigenvalue weighted by Crippen LogP contribution is 2.25. The van der Waals surface area contributed by atoms with Gasteiger partial charge in [0, 0.05) is 12.6 Å². The molecule has 1 aromatic carbocycles. The smallest absolute Gasteiger partial charge is 0.251 e. The minimum atomic E-state index is -0.817. The molecule has 0 fully saturated rings. The van der Waals surface area contributed by atoms with Crippen LogP contribution in [0.15, 0.2) is 18.2 Å². The van der Waals surface area contributed by atoms with Crippen molar-refractivity contribution in [1.82, 2.24) is 5.32 Å². The molecular weight excluding hydrogens is 246 g/mol. The third-order valence-corrected chi connectivity index (χ3v) is 3.22. The van der Waals surface area contributed by atoms with Crippen molar-refractivity contribution in [2.45, 2.75) is 18.9 Å². The van der Waals surface area contributed by atoms with Crippen LogP contribution in [0.3, 0.4) is 0 Å². The van der Waals surface area contributed by atoms with Gasteiger partial charge in [-0.05, 0) is 24.6 Å². The summed E-state index contributed by atoms with van der Waals surface area (Å²) in [6.45, 7) is 1.43. The first-order valence-electron chi connectivity index (χ1n) is 6.13. The lowest BCUT2D eigenvalue weighted by Crippen LogP contribution is -2.45. The zero-order chi connectivity index (χ0) is 14.5. The minimum absolute atomic E-state index is 0.212. The Hall–Kier alpha value is -1.79. The summed E-state index contributed by atoms with van der Waals surface area (Å²) in [5.41, 5.74) is 6.49. The van der Waals surface area contributed by atoms with E-state index in [9.17, 15) is 15.0 Å². The van der Waals surface area contributed by atoms with Crippen LogP contribution in [-0.4, -0.2) is 41.9 Å². The van der Waals surface area contributed by atoms with Crippen molar-refractivity contribution in [3.8, 4) is 0 Å². The monoisotopic (exact) mass is 267 g/mol. The summed E-state index contributed by atoms with van der Waals surface area (Å²) in [6.07, 6.45) is 0.538. The maximum absolute atomic E-state index is 11.5. The van der Waals surface area contributed by atoms with Gasteiger partial charge in [0.25, 0.3) is 5.91 Å². The Morgan fingerprint density at radius 2 is 2.00 bits per heavy atom. The highest BCUT2D eigenvalue weighted by molar-refractivity contribution is 5.95. The fourth-order valence-electron chi connectivity index (χ4n) is 1.69. The molecule has 0 heterocycles. The first-order chi connectivity index (χ1) is 9.01.